The van der Waals surface area contributed by atoms with Crippen LogP contribution in [0.25, 0.3) is 46.4 Å². The van der Waals surface area contributed by atoms with E-state index < -0.39 is 10.1 Å². The Morgan fingerprint density at radius 1 is 0.415 bits per heavy atom. The van der Waals surface area contributed by atoms with Gasteiger partial charge >= 0.3 is 106 Å². The second-order valence-electron chi connectivity index (χ2n) is 19.8. The molecule has 0 aliphatic carbocycles. The molecule has 2 aliphatic rings. The third-order valence-corrected chi connectivity index (χ3v) is 107. The average molecular weight is 608 g/mol. The third-order valence-electron chi connectivity index (χ3n) is 23.8. The van der Waals surface area contributed by atoms with E-state index in [1.54, 1.807) is 0 Å². The Morgan fingerprint density at radius 3 is 0.805 bits per heavy atom. The average Bonchev–Trinajstić information content (AvgIpc) is 3.85. The molecule has 41 heavy (non-hydrogen) atoms. The van der Waals surface area contributed by atoms with Gasteiger partial charge in [-0.15, -0.1) is 0 Å². The summed E-state index contributed by atoms with van der Waals surface area (Å²) in [5.41, 5.74) is 7.86. The fourth-order valence-corrected chi connectivity index (χ4v) is 54.4. The Hall–Kier alpha value is -2.78. The fraction of sp³-hybridized carbons (Fsp3) is 0.444. The molecule has 2 N–H and O–H groups in total. The molecule has 0 amide bonds. The van der Waals surface area contributed by atoms with Crippen LogP contribution in [0.3, 0.4) is 0 Å². The molecule has 4 nitrogen and oxygen atoms in total. The number of hydrogen-bond acceptors (Lipinski definition) is 2. The van der Waals surface area contributed by atoms with Gasteiger partial charge in [0.2, 0.25) is 0 Å². The molecule has 0 unspecified atom stereocenters. The third kappa shape index (κ3) is 4.17. The summed E-state index contributed by atoms with van der Waals surface area (Å²) in [6.45, 7) is 20.4. The summed E-state index contributed by atoms with van der Waals surface area (Å²) in [5, 5.41) is 11.9. The zero-order chi connectivity index (χ0) is 29.9. The van der Waals surface area contributed by atoms with E-state index in [2.05, 4.69) is 99.6 Å². The van der Waals surface area contributed by atoms with Crippen molar-refractivity contribution in [1.82, 2.24) is 19.9 Å². The molecule has 0 fully saturated rings. The summed E-state index contributed by atoms with van der Waals surface area (Å²) in [7, 11) is -4.05. The van der Waals surface area contributed by atoms with Crippen LogP contribution in [0.2, 0.25) is 40.1 Å². The van der Waals surface area contributed by atoms with Crippen LogP contribution in [0, 0.1) is 0 Å². The molecule has 0 saturated heterocycles. The van der Waals surface area contributed by atoms with E-state index in [-0.39, 0.29) is 0 Å². The number of nitrogens with zero attached hydrogens (tertiary/aromatic N) is 2. The van der Waals surface area contributed by atoms with Crippen LogP contribution in [0.15, 0.2) is 48.5 Å². The van der Waals surface area contributed by atoms with Crippen molar-refractivity contribution >= 4 is 46.4 Å². The zero-order valence-electron chi connectivity index (χ0n) is 27.2. The van der Waals surface area contributed by atoms with Crippen LogP contribution in [0.5, 0.6) is 0 Å². The van der Waals surface area contributed by atoms with Crippen LogP contribution in [0.1, 0.15) is 78.2 Å². The van der Waals surface area contributed by atoms with E-state index >= 15 is 0 Å². The predicted molar refractivity (Wildman–Crippen MR) is 183 cm³/mol. The summed E-state index contributed by atoms with van der Waals surface area (Å²) in [4.78, 5) is 16.0. The maximum absolute atomic E-state index is 4.63. The van der Waals surface area contributed by atoms with Crippen molar-refractivity contribution < 1.29 is 10.1 Å². The van der Waals surface area contributed by atoms with E-state index in [1.165, 1.54) is 40.1 Å². The Balaban J connectivity index is 0.000000204. The molecule has 5 rings (SSSR count). The van der Waals surface area contributed by atoms with Gasteiger partial charge < -0.3 is 9.97 Å². The first-order valence-corrected chi connectivity index (χ1v) is 34.3. The predicted octanol–water partition coefficient (Wildman–Crippen LogP) is 12.4. The standard InChI is InChI=1S/C20H14N4.8C2H5.Zn/c1-2-14-10-16-5-6-18(23-16)12-20-8-7-19(24-20)11-17-4-3-15(22-17)9-13(1)21-14;8*1-2;/h1-12,21,24H;8*1H2,2H3;. The molecule has 2 aliphatic heterocycles. The topological polar surface area (TPSA) is 57.4 Å². The molecule has 0 spiro atoms. The Morgan fingerprint density at radius 2 is 0.634 bits per heavy atom. The summed E-state index contributed by atoms with van der Waals surface area (Å²) >= 11 is 0. The minimum atomic E-state index is -4.05. The van der Waals surface area contributed by atoms with Crippen molar-refractivity contribution in [2.45, 2.75) is 95.5 Å². The van der Waals surface area contributed by atoms with Gasteiger partial charge in [-0.1, -0.05) is 0 Å². The van der Waals surface area contributed by atoms with Crippen molar-refractivity contribution in [1.29, 1.82) is 0 Å². The SMILES string of the molecule is C1=Cc2cc3ccc(cc4nc(cc5ccc(cc1n2)[nH]5)C=C4)[nH]3.C[CH2][Zn]([CH2]C)([CH2]C)([CH2]C)([CH2]C)([CH2]C)([CH2]C)[CH2]C. The zero-order valence-corrected chi connectivity index (χ0v) is 30.2. The van der Waals surface area contributed by atoms with E-state index in [0.717, 1.165) is 44.8 Å². The second-order valence-corrected chi connectivity index (χ2v) is 78.1. The van der Waals surface area contributed by atoms with Crippen LogP contribution >= 0.6 is 0 Å². The van der Waals surface area contributed by atoms with Crippen LogP contribution in [-0.4, -0.2) is 19.9 Å². The van der Waals surface area contributed by atoms with Gasteiger partial charge in [-0.3, -0.25) is 0 Å². The molecule has 0 saturated carbocycles. The molecule has 3 aromatic rings. The van der Waals surface area contributed by atoms with E-state index in [9.17, 15) is 0 Å². The minimum absolute atomic E-state index is 0.939. The number of rotatable bonds is 8. The first-order valence-electron chi connectivity index (χ1n) is 17.5. The molecule has 8 bridgehead atoms. The molecule has 220 valence electrons. The maximum atomic E-state index is 4.63. The van der Waals surface area contributed by atoms with Gasteiger partial charge in [-0.2, -0.15) is 0 Å². The van der Waals surface area contributed by atoms with Crippen LogP contribution in [-0.2, 0) is 10.1 Å². The molecule has 5 heterocycles. The van der Waals surface area contributed by atoms with Gasteiger partial charge in [-0.05, 0) is 72.8 Å². The van der Waals surface area contributed by atoms with Gasteiger partial charge in [0.15, 0.2) is 0 Å². The Kier molecular flexibility index (Phi) is 6.92. The summed E-state index contributed by atoms with van der Waals surface area (Å²) < 4.78 is 0. The number of H-pyrrole nitrogens is 2. The van der Waals surface area contributed by atoms with Crippen molar-refractivity contribution in [2.24, 2.45) is 0 Å². The quantitative estimate of drug-likeness (QED) is 0.172. The summed E-state index contributed by atoms with van der Waals surface area (Å²) in [6.07, 6.45) is 8.09. The van der Waals surface area contributed by atoms with Gasteiger partial charge in [0.25, 0.3) is 0 Å². The molecular formula is C36H54N4Zn. The molecule has 5 heteroatoms. The molecule has 0 atom stereocenters. The Bertz CT molecular complexity index is 1430. The second kappa shape index (κ2) is 9.11. The van der Waals surface area contributed by atoms with Crippen molar-refractivity contribution in [3.05, 3.63) is 71.3 Å². The fourth-order valence-electron chi connectivity index (χ4n) is 12.8. The van der Waals surface area contributed by atoms with Gasteiger partial charge in [-0.25, -0.2) is 9.97 Å². The molecular weight excluding hydrogens is 554 g/mol. The van der Waals surface area contributed by atoms with Crippen LogP contribution < -0.4 is 0 Å². The first-order chi connectivity index (χ1) is 19.5. The first kappa shape index (κ1) is 31.2. The normalized spacial score (nSPS) is 16.6. The van der Waals surface area contributed by atoms with E-state index in [4.69, 9.17) is 0 Å². The Labute approximate surface area is 242 Å². The molecule has 0 radical (unpaired) electrons. The number of aromatic nitrogens is 4. The van der Waals surface area contributed by atoms with Gasteiger partial charge in [0, 0.05) is 22.1 Å². The number of nitrogens with one attached hydrogen (secondary N) is 2. The van der Waals surface area contributed by atoms with Crippen molar-refractivity contribution in [3.8, 4) is 0 Å². The number of aromatic amines is 2. The van der Waals surface area contributed by atoms with Crippen LogP contribution in [0.4, 0.5) is 0 Å². The van der Waals surface area contributed by atoms with Gasteiger partial charge in [0.05, 0.1) is 22.8 Å². The van der Waals surface area contributed by atoms with Crippen molar-refractivity contribution in [2.75, 3.05) is 0 Å². The monoisotopic (exact) mass is 606 g/mol. The number of hydrogen-bond donors (Lipinski definition) is 2. The summed E-state index contributed by atoms with van der Waals surface area (Å²) in [5.74, 6) is 0. The summed E-state index contributed by atoms with van der Waals surface area (Å²) in [6, 6.07) is 16.4. The molecule has 0 aromatic carbocycles. The van der Waals surface area contributed by atoms with Gasteiger partial charge in [0.1, 0.15) is 0 Å². The van der Waals surface area contributed by atoms with Crippen molar-refractivity contribution in [3.63, 3.8) is 0 Å². The van der Waals surface area contributed by atoms with E-state index in [1.807, 2.05) is 48.6 Å². The number of fused-ring (bicyclic) bond motifs is 8. The van der Waals surface area contributed by atoms with E-state index in [0.29, 0.717) is 0 Å². The molecule has 3 aromatic heterocycles.